The number of anilines is 1. The van der Waals surface area contributed by atoms with E-state index >= 15 is 4.39 Å². The van der Waals surface area contributed by atoms with Crippen LogP contribution in [-0.2, 0) is 4.84 Å². The van der Waals surface area contributed by atoms with Gasteiger partial charge in [-0.2, -0.15) is 9.97 Å². The van der Waals surface area contributed by atoms with Gasteiger partial charge in [0, 0.05) is 23.9 Å². The molecule has 0 unspecified atom stereocenters. The van der Waals surface area contributed by atoms with Gasteiger partial charge in [-0.15, -0.1) is 6.42 Å². The van der Waals surface area contributed by atoms with Crippen molar-refractivity contribution in [1.82, 2.24) is 19.9 Å². The Labute approximate surface area is 274 Å². The first-order chi connectivity index (χ1) is 23.3. The Morgan fingerprint density at radius 2 is 2.06 bits per heavy atom. The fourth-order valence-corrected chi connectivity index (χ4v) is 7.96. The molecule has 13 heteroatoms. The molecule has 4 aliphatic heterocycles. The molecule has 48 heavy (non-hydrogen) atoms. The van der Waals surface area contributed by atoms with Gasteiger partial charge in [-0.1, -0.05) is 17.1 Å². The summed E-state index contributed by atoms with van der Waals surface area (Å²) in [6.45, 7) is 1.84. The normalized spacial score (nSPS) is 24.6. The third kappa shape index (κ3) is 4.92. The molecule has 3 saturated heterocycles. The van der Waals surface area contributed by atoms with Crippen LogP contribution >= 0.6 is 0 Å². The average Bonchev–Trinajstić information content (AvgIpc) is 3.46. The van der Waals surface area contributed by atoms with Crippen LogP contribution in [0.5, 0.6) is 17.6 Å². The Morgan fingerprint density at radius 3 is 2.90 bits per heavy atom. The zero-order valence-electron chi connectivity index (χ0n) is 26.3. The number of phenols is 1. The third-order valence-corrected chi connectivity index (χ3v) is 10.1. The molecule has 3 atom stereocenters. The molecule has 248 valence electrons. The minimum atomic E-state index is -0.951. The molecule has 10 nitrogen and oxygen atoms in total. The number of aromatic nitrogens is 3. The van der Waals surface area contributed by atoms with Gasteiger partial charge in [0.05, 0.1) is 29.4 Å². The van der Waals surface area contributed by atoms with Crippen molar-refractivity contribution in [3.63, 3.8) is 0 Å². The molecule has 8 rings (SSSR count). The Balaban J connectivity index is 1.34. The standard InChI is InChI=1S/C35H33F3N6O4/c1-3-24-26(37)9-8-19-12-23(45)13-25(27(19)24)30-29(38)31-28-32(41-34(40-31)48-18-35-10-5-11-43(35)15-20(36)14-35)44-16-21(42-46-2)6-4-7-22(44)17-47-33(28)39-30/h1,8-9,12-13,20,22,45H,4-7,10-11,14-18H2,2H3/b42-21-/t20-,22+,35+/m1/s1. The predicted octanol–water partition coefficient (Wildman–Crippen LogP) is 5.52. The summed E-state index contributed by atoms with van der Waals surface area (Å²) in [5, 5.41) is 15.7. The molecule has 0 aliphatic carbocycles. The van der Waals surface area contributed by atoms with Gasteiger partial charge in [0.25, 0.3) is 0 Å². The van der Waals surface area contributed by atoms with Crippen LogP contribution in [0, 0.1) is 24.0 Å². The molecule has 4 aliphatic rings. The van der Waals surface area contributed by atoms with Crippen LogP contribution < -0.4 is 14.4 Å². The van der Waals surface area contributed by atoms with Crippen molar-refractivity contribution >= 4 is 33.2 Å². The van der Waals surface area contributed by atoms with Gasteiger partial charge >= 0.3 is 6.01 Å². The van der Waals surface area contributed by atoms with E-state index in [0.717, 1.165) is 37.9 Å². The van der Waals surface area contributed by atoms with Crippen LogP contribution in [0.3, 0.4) is 0 Å². The summed E-state index contributed by atoms with van der Waals surface area (Å²) >= 11 is 0. The van der Waals surface area contributed by atoms with Crippen LogP contribution in [0.2, 0.25) is 0 Å². The maximum atomic E-state index is 17.1. The second-order valence-corrected chi connectivity index (χ2v) is 13.0. The summed E-state index contributed by atoms with van der Waals surface area (Å²) in [6.07, 6.45) is 9.06. The van der Waals surface area contributed by atoms with Crippen molar-refractivity contribution in [2.75, 3.05) is 44.9 Å². The van der Waals surface area contributed by atoms with Crippen molar-refractivity contribution in [2.45, 2.75) is 56.3 Å². The molecule has 6 heterocycles. The molecule has 2 aromatic heterocycles. The van der Waals surface area contributed by atoms with E-state index in [2.05, 4.69) is 25.9 Å². The van der Waals surface area contributed by atoms with E-state index < -0.39 is 23.3 Å². The Hall–Kier alpha value is -4.83. The maximum absolute atomic E-state index is 17.1. The van der Waals surface area contributed by atoms with Crippen molar-refractivity contribution in [2.24, 2.45) is 5.16 Å². The predicted molar refractivity (Wildman–Crippen MR) is 173 cm³/mol. The molecule has 4 aromatic rings. The second-order valence-electron chi connectivity index (χ2n) is 13.0. The number of hydrogen-bond acceptors (Lipinski definition) is 10. The first-order valence-corrected chi connectivity index (χ1v) is 16.1. The Kier molecular flexibility index (Phi) is 7.43. The van der Waals surface area contributed by atoms with Crippen molar-refractivity contribution in [3.8, 4) is 41.2 Å². The van der Waals surface area contributed by atoms with Gasteiger partial charge in [-0.05, 0) is 62.2 Å². The van der Waals surface area contributed by atoms with Gasteiger partial charge < -0.3 is 24.3 Å². The molecule has 0 bridgehead atoms. The highest BCUT2D eigenvalue weighted by molar-refractivity contribution is 6.04. The van der Waals surface area contributed by atoms with Crippen LogP contribution in [0.1, 0.15) is 44.1 Å². The lowest BCUT2D eigenvalue weighted by atomic mass is 9.95. The van der Waals surface area contributed by atoms with Gasteiger partial charge in [0.1, 0.15) is 60.5 Å². The summed E-state index contributed by atoms with van der Waals surface area (Å²) < 4.78 is 59.2. The van der Waals surface area contributed by atoms with E-state index in [4.69, 9.17) is 25.7 Å². The summed E-state index contributed by atoms with van der Waals surface area (Å²) in [5.74, 6) is 1.10. The van der Waals surface area contributed by atoms with Crippen molar-refractivity contribution < 1.29 is 32.6 Å². The van der Waals surface area contributed by atoms with Gasteiger partial charge in [-0.25, -0.2) is 18.2 Å². The highest BCUT2D eigenvalue weighted by Crippen LogP contribution is 2.45. The molecule has 0 spiro atoms. The number of rotatable bonds is 5. The molecule has 0 amide bonds. The number of hydrogen-bond donors (Lipinski definition) is 1. The molecule has 0 radical (unpaired) electrons. The van der Waals surface area contributed by atoms with E-state index in [-0.39, 0.29) is 70.0 Å². The summed E-state index contributed by atoms with van der Waals surface area (Å²) in [6, 6.07) is 5.14. The highest BCUT2D eigenvalue weighted by Gasteiger charge is 2.49. The number of pyridine rings is 1. The van der Waals surface area contributed by atoms with Gasteiger partial charge in [-0.3, -0.25) is 4.90 Å². The van der Waals surface area contributed by atoms with E-state index in [9.17, 15) is 13.9 Å². The zero-order chi connectivity index (χ0) is 33.2. The number of nitrogens with zero attached hydrogens (tertiary/aromatic N) is 6. The zero-order valence-corrected chi connectivity index (χ0v) is 26.3. The SMILES string of the molecule is C#Cc1c(F)ccc2cc(O)cc(-c3nc4c5c(nc(OC[C@@]67CCCN6C[C@H](F)C7)nc5c3F)N3C/C(=N\OC)CCC[C@H]3CO4)c12. The Bertz CT molecular complexity index is 2040. The van der Waals surface area contributed by atoms with Crippen LogP contribution in [-0.4, -0.2) is 88.4 Å². The number of halogens is 3. The summed E-state index contributed by atoms with van der Waals surface area (Å²) in [7, 11) is 1.49. The first kappa shape index (κ1) is 30.5. The number of phenolic OH excluding ortho intramolecular Hbond substituents is 1. The number of ether oxygens (including phenoxy) is 2. The topological polar surface area (TPSA) is 105 Å². The van der Waals surface area contributed by atoms with E-state index in [0.29, 0.717) is 37.1 Å². The quantitative estimate of drug-likeness (QED) is 0.219. The minimum Gasteiger partial charge on any atom is -0.508 e. The largest absolute Gasteiger partial charge is 0.508 e. The smallest absolute Gasteiger partial charge is 0.319 e. The molecule has 2 aromatic carbocycles. The number of terminal acetylenes is 1. The number of alkyl halides is 1. The Morgan fingerprint density at radius 1 is 1.19 bits per heavy atom. The monoisotopic (exact) mass is 658 g/mol. The fraction of sp³-hybridized carbons (Fsp3) is 0.429. The molecule has 1 N–H and O–H groups in total. The lowest BCUT2D eigenvalue weighted by Gasteiger charge is -2.31. The van der Waals surface area contributed by atoms with Crippen molar-refractivity contribution in [1.29, 1.82) is 0 Å². The van der Waals surface area contributed by atoms with E-state index in [1.807, 2.05) is 4.90 Å². The molecule has 3 fully saturated rings. The van der Waals surface area contributed by atoms with Crippen LogP contribution in [0.4, 0.5) is 19.0 Å². The lowest BCUT2D eigenvalue weighted by molar-refractivity contribution is 0.107. The first-order valence-electron chi connectivity index (χ1n) is 16.1. The number of fused-ring (bicyclic) bond motifs is 4. The molecular formula is C35H33F3N6O4. The lowest BCUT2D eigenvalue weighted by Crippen LogP contribution is -2.43. The highest BCUT2D eigenvalue weighted by atomic mass is 19.1. The van der Waals surface area contributed by atoms with Crippen LogP contribution in [0.25, 0.3) is 32.9 Å². The van der Waals surface area contributed by atoms with Gasteiger partial charge in [0.15, 0.2) is 5.82 Å². The second kappa shape index (κ2) is 11.7. The summed E-state index contributed by atoms with van der Waals surface area (Å²) in [4.78, 5) is 23.3. The average molecular weight is 659 g/mol. The number of benzene rings is 2. The number of aromatic hydroxyl groups is 1. The minimum absolute atomic E-state index is 0.0747. The summed E-state index contributed by atoms with van der Waals surface area (Å²) in [5.41, 5.74) is -0.0696. The van der Waals surface area contributed by atoms with E-state index in [1.54, 1.807) is 0 Å². The number of oxime groups is 1. The fourth-order valence-electron chi connectivity index (χ4n) is 7.96. The maximum Gasteiger partial charge on any atom is 0.319 e. The van der Waals surface area contributed by atoms with Gasteiger partial charge in [0.2, 0.25) is 5.88 Å². The third-order valence-electron chi connectivity index (χ3n) is 10.1. The van der Waals surface area contributed by atoms with Crippen molar-refractivity contribution in [3.05, 3.63) is 41.5 Å². The molecule has 0 saturated carbocycles. The van der Waals surface area contributed by atoms with E-state index in [1.165, 1.54) is 31.4 Å². The molecular weight excluding hydrogens is 625 g/mol. The van der Waals surface area contributed by atoms with Crippen LogP contribution in [0.15, 0.2) is 29.4 Å².